The lowest BCUT2D eigenvalue weighted by molar-refractivity contribution is -0.127. The highest BCUT2D eigenvalue weighted by atomic mass is 16.3. The molecule has 0 heterocycles. The largest absolute Gasteiger partial charge is 0.396 e. The van der Waals surface area contributed by atoms with E-state index in [4.69, 9.17) is 10.8 Å². The summed E-state index contributed by atoms with van der Waals surface area (Å²) < 4.78 is 0. The number of benzene rings is 1. The van der Waals surface area contributed by atoms with E-state index in [2.05, 4.69) is 5.32 Å². The van der Waals surface area contributed by atoms with Gasteiger partial charge in [0.15, 0.2) is 0 Å². The Morgan fingerprint density at radius 1 is 1.25 bits per heavy atom. The van der Waals surface area contributed by atoms with Gasteiger partial charge in [0.05, 0.1) is 0 Å². The van der Waals surface area contributed by atoms with Gasteiger partial charge < -0.3 is 16.2 Å². The highest BCUT2D eigenvalue weighted by molar-refractivity contribution is 5.87. The Morgan fingerprint density at radius 2 is 1.80 bits per heavy atom. The van der Waals surface area contributed by atoms with Crippen molar-refractivity contribution in [3.05, 3.63) is 35.9 Å². The molecule has 4 N–H and O–H groups in total. The minimum Gasteiger partial charge on any atom is -0.396 e. The van der Waals surface area contributed by atoms with Crippen LogP contribution in [0.2, 0.25) is 0 Å². The number of aliphatic hydroxyl groups excluding tert-OH is 1. The fourth-order valence-electron chi connectivity index (χ4n) is 2.07. The maximum Gasteiger partial charge on any atom is 0.244 e. The van der Waals surface area contributed by atoms with E-state index in [1.807, 2.05) is 51.1 Å². The van der Waals surface area contributed by atoms with Crippen LogP contribution >= 0.6 is 0 Å². The Hall–Kier alpha value is -1.39. The zero-order valence-electron chi connectivity index (χ0n) is 12.8. The van der Waals surface area contributed by atoms with Crippen LogP contribution in [-0.2, 0) is 10.3 Å². The summed E-state index contributed by atoms with van der Waals surface area (Å²) in [5.41, 5.74) is 5.75. The minimum absolute atomic E-state index is 0.0365. The molecular formula is C16H26N2O2. The SMILES string of the molecule is CC(N)(C(=O)NC(CCO)C(C)(C)C)c1ccccc1. The first-order chi connectivity index (χ1) is 9.19. The van der Waals surface area contributed by atoms with E-state index in [1.165, 1.54) is 0 Å². The molecule has 0 bridgehead atoms. The zero-order chi connectivity index (χ0) is 15.4. The Balaban J connectivity index is 2.88. The van der Waals surface area contributed by atoms with Crippen molar-refractivity contribution in [1.82, 2.24) is 5.32 Å². The molecule has 112 valence electrons. The summed E-state index contributed by atoms with van der Waals surface area (Å²) in [6, 6.07) is 9.19. The molecule has 4 nitrogen and oxygen atoms in total. The summed E-state index contributed by atoms with van der Waals surface area (Å²) in [6.07, 6.45) is 0.514. The van der Waals surface area contributed by atoms with Crippen LogP contribution in [0.25, 0.3) is 0 Å². The standard InChI is InChI=1S/C16H26N2O2/c1-15(2,3)13(10-11-19)18-14(20)16(4,17)12-8-6-5-7-9-12/h5-9,13,19H,10-11,17H2,1-4H3,(H,18,20). The van der Waals surface area contributed by atoms with Crippen molar-refractivity contribution < 1.29 is 9.90 Å². The van der Waals surface area contributed by atoms with Gasteiger partial charge in [0.1, 0.15) is 5.54 Å². The van der Waals surface area contributed by atoms with Crippen LogP contribution in [-0.4, -0.2) is 23.7 Å². The lowest BCUT2D eigenvalue weighted by atomic mass is 9.83. The van der Waals surface area contributed by atoms with Gasteiger partial charge in [-0.25, -0.2) is 0 Å². The molecular weight excluding hydrogens is 252 g/mol. The van der Waals surface area contributed by atoms with Crippen molar-refractivity contribution in [1.29, 1.82) is 0 Å². The third-order valence-corrected chi connectivity index (χ3v) is 3.61. The van der Waals surface area contributed by atoms with Crippen molar-refractivity contribution in [3.8, 4) is 0 Å². The van der Waals surface area contributed by atoms with Crippen LogP contribution in [0.1, 0.15) is 39.7 Å². The monoisotopic (exact) mass is 278 g/mol. The van der Waals surface area contributed by atoms with Gasteiger partial charge in [0.25, 0.3) is 0 Å². The number of rotatable bonds is 5. The predicted molar refractivity (Wildman–Crippen MR) is 81.1 cm³/mol. The molecule has 0 aliphatic rings. The van der Waals surface area contributed by atoms with Gasteiger partial charge in [-0.05, 0) is 24.3 Å². The first kappa shape index (κ1) is 16.7. The minimum atomic E-state index is -1.08. The van der Waals surface area contributed by atoms with Crippen LogP contribution in [0, 0.1) is 5.41 Å². The molecule has 0 saturated carbocycles. The molecule has 2 atom stereocenters. The Bertz CT molecular complexity index is 436. The second-order valence-electron chi connectivity index (χ2n) is 6.47. The Kier molecular flexibility index (Phi) is 5.31. The van der Waals surface area contributed by atoms with Crippen molar-refractivity contribution in [2.45, 2.75) is 45.7 Å². The third kappa shape index (κ3) is 4.05. The number of nitrogens with two attached hydrogens (primary N) is 1. The van der Waals surface area contributed by atoms with Crippen LogP contribution < -0.4 is 11.1 Å². The van der Waals surface area contributed by atoms with Crippen molar-refractivity contribution in [3.63, 3.8) is 0 Å². The molecule has 1 aromatic carbocycles. The summed E-state index contributed by atoms with van der Waals surface area (Å²) in [6.45, 7) is 7.84. The fraction of sp³-hybridized carbons (Fsp3) is 0.562. The maximum absolute atomic E-state index is 12.5. The normalized spacial score (nSPS) is 16.3. The highest BCUT2D eigenvalue weighted by Crippen LogP contribution is 2.24. The average molecular weight is 278 g/mol. The smallest absolute Gasteiger partial charge is 0.244 e. The Morgan fingerprint density at radius 3 is 2.25 bits per heavy atom. The molecule has 20 heavy (non-hydrogen) atoms. The molecule has 0 aliphatic carbocycles. The average Bonchev–Trinajstić information content (AvgIpc) is 2.38. The quantitative estimate of drug-likeness (QED) is 0.768. The van der Waals surface area contributed by atoms with E-state index < -0.39 is 5.54 Å². The molecule has 2 unspecified atom stereocenters. The second-order valence-corrected chi connectivity index (χ2v) is 6.47. The fourth-order valence-corrected chi connectivity index (χ4v) is 2.07. The first-order valence-electron chi connectivity index (χ1n) is 6.96. The number of hydrogen-bond donors (Lipinski definition) is 3. The number of amides is 1. The molecule has 4 heteroatoms. The molecule has 1 amide bonds. The van der Waals surface area contributed by atoms with E-state index in [-0.39, 0.29) is 24.0 Å². The van der Waals surface area contributed by atoms with Crippen molar-refractivity contribution >= 4 is 5.91 Å². The van der Waals surface area contributed by atoms with Gasteiger partial charge in [0, 0.05) is 12.6 Å². The molecule has 0 saturated heterocycles. The van der Waals surface area contributed by atoms with Crippen LogP contribution in [0.4, 0.5) is 0 Å². The number of aliphatic hydroxyl groups is 1. The van der Waals surface area contributed by atoms with E-state index >= 15 is 0 Å². The first-order valence-corrected chi connectivity index (χ1v) is 6.96. The van der Waals surface area contributed by atoms with Gasteiger partial charge in [-0.3, -0.25) is 4.79 Å². The zero-order valence-corrected chi connectivity index (χ0v) is 12.8. The Labute approximate surface area is 121 Å². The second kappa shape index (κ2) is 6.37. The maximum atomic E-state index is 12.5. The highest BCUT2D eigenvalue weighted by Gasteiger charge is 2.34. The number of hydrogen-bond acceptors (Lipinski definition) is 3. The van der Waals surface area contributed by atoms with Crippen LogP contribution in [0.3, 0.4) is 0 Å². The van der Waals surface area contributed by atoms with E-state index in [9.17, 15) is 4.79 Å². The summed E-state index contributed by atoms with van der Waals surface area (Å²) in [4.78, 5) is 12.5. The molecule has 1 rings (SSSR count). The van der Waals surface area contributed by atoms with Crippen LogP contribution in [0.15, 0.2) is 30.3 Å². The predicted octanol–water partition coefficient (Wildman–Crippen LogP) is 1.77. The number of nitrogens with one attached hydrogen (secondary N) is 1. The molecule has 0 radical (unpaired) electrons. The van der Waals surface area contributed by atoms with Gasteiger partial charge >= 0.3 is 0 Å². The van der Waals surface area contributed by atoms with Gasteiger partial charge in [-0.1, -0.05) is 51.1 Å². The third-order valence-electron chi connectivity index (χ3n) is 3.61. The topological polar surface area (TPSA) is 75.4 Å². The summed E-state index contributed by atoms with van der Waals surface area (Å²) in [7, 11) is 0. The summed E-state index contributed by atoms with van der Waals surface area (Å²) >= 11 is 0. The van der Waals surface area contributed by atoms with Gasteiger partial charge in [-0.2, -0.15) is 0 Å². The van der Waals surface area contributed by atoms with E-state index in [0.717, 1.165) is 5.56 Å². The van der Waals surface area contributed by atoms with Gasteiger partial charge in [0.2, 0.25) is 5.91 Å². The molecule has 1 aromatic rings. The number of carbonyl (C=O) groups excluding carboxylic acids is 1. The molecule has 0 spiro atoms. The van der Waals surface area contributed by atoms with E-state index in [1.54, 1.807) is 6.92 Å². The van der Waals surface area contributed by atoms with Crippen molar-refractivity contribution in [2.24, 2.45) is 11.1 Å². The molecule has 0 aromatic heterocycles. The number of carbonyl (C=O) groups is 1. The summed E-state index contributed by atoms with van der Waals surface area (Å²) in [5.74, 6) is -0.225. The van der Waals surface area contributed by atoms with Gasteiger partial charge in [-0.15, -0.1) is 0 Å². The van der Waals surface area contributed by atoms with Crippen molar-refractivity contribution in [2.75, 3.05) is 6.61 Å². The summed E-state index contributed by atoms with van der Waals surface area (Å²) in [5, 5.41) is 12.1. The lowest BCUT2D eigenvalue weighted by Gasteiger charge is -2.34. The molecule has 0 aliphatic heterocycles. The van der Waals surface area contributed by atoms with Crippen LogP contribution in [0.5, 0.6) is 0 Å². The molecule has 0 fully saturated rings. The van der Waals surface area contributed by atoms with E-state index in [0.29, 0.717) is 6.42 Å². The lowest BCUT2D eigenvalue weighted by Crippen LogP contribution is -2.55.